The quantitative estimate of drug-likeness (QED) is 0.332. The summed E-state index contributed by atoms with van der Waals surface area (Å²) in [5.74, 6) is -5.87. The van der Waals surface area contributed by atoms with Crippen LogP contribution in [0.5, 0.6) is 0 Å². The van der Waals surface area contributed by atoms with Crippen molar-refractivity contribution in [3.05, 3.63) is 59.4 Å². The number of nitrogens with one attached hydrogen (secondary N) is 2. The molecule has 2 aromatic carbocycles. The van der Waals surface area contributed by atoms with Crippen molar-refractivity contribution in [2.45, 2.75) is 0 Å². The molecular formula is C20H20F5N5O. The lowest BCUT2D eigenvalue weighted by Crippen LogP contribution is -2.53. The van der Waals surface area contributed by atoms with Crippen LogP contribution in [-0.2, 0) is 4.79 Å². The van der Waals surface area contributed by atoms with Gasteiger partial charge in [-0.1, -0.05) is 0 Å². The van der Waals surface area contributed by atoms with Crippen LogP contribution in [0.4, 0.5) is 33.3 Å². The number of amides is 1. The van der Waals surface area contributed by atoms with E-state index >= 15 is 0 Å². The monoisotopic (exact) mass is 441 g/mol. The van der Waals surface area contributed by atoms with E-state index in [1.807, 2.05) is 4.90 Å². The molecule has 0 saturated carbocycles. The molecular weight excluding hydrogens is 421 g/mol. The first-order valence-corrected chi connectivity index (χ1v) is 9.39. The Kier molecular flexibility index (Phi) is 6.93. The minimum Gasteiger partial charge on any atom is -0.366 e. The number of anilines is 2. The maximum Gasteiger partial charge on any atom is 0.243 e. The number of nitrogens with zero attached hydrogens (tertiary/aromatic N) is 3. The Morgan fingerprint density at radius 3 is 2.32 bits per heavy atom. The van der Waals surface area contributed by atoms with Gasteiger partial charge in [0.25, 0.3) is 0 Å². The third-order valence-electron chi connectivity index (χ3n) is 4.76. The van der Waals surface area contributed by atoms with Crippen LogP contribution < -0.4 is 15.5 Å². The van der Waals surface area contributed by atoms with Crippen LogP contribution in [0.3, 0.4) is 0 Å². The van der Waals surface area contributed by atoms with Crippen molar-refractivity contribution in [2.75, 3.05) is 50.0 Å². The molecule has 0 aliphatic carbocycles. The highest BCUT2D eigenvalue weighted by atomic mass is 19.2. The first-order chi connectivity index (χ1) is 14.8. The van der Waals surface area contributed by atoms with Crippen molar-refractivity contribution >= 4 is 23.2 Å². The second-order valence-corrected chi connectivity index (χ2v) is 6.74. The Balaban J connectivity index is 1.54. The highest BCUT2D eigenvalue weighted by molar-refractivity contribution is 5.95. The maximum atomic E-state index is 14.0. The molecule has 0 unspecified atom stereocenters. The van der Waals surface area contributed by atoms with E-state index < -0.39 is 40.7 Å². The Hall–Kier alpha value is -3.37. The van der Waals surface area contributed by atoms with E-state index in [4.69, 9.17) is 0 Å². The van der Waals surface area contributed by atoms with Crippen molar-refractivity contribution in [1.82, 2.24) is 10.2 Å². The Bertz CT molecular complexity index is 992. The van der Waals surface area contributed by atoms with Crippen LogP contribution >= 0.6 is 0 Å². The summed E-state index contributed by atoms with van der Waals surface area (Å²) in [5.41, 5.74) is -0.304. The smallest absolute Gasteiger partial charge is 0.243 e. The van der Waals surface area contributed by atoms with E-state index in [-0.39, 0.29) is 12.2 Å². The largest absolute Gasteiger partial charge is 0.366 e. The molecule has 0 radical (unpaired) electrons. The SMILES string of the molecule is CN=C(NCC(=O)Nc1ccc(F)c(F)c1F)N1CCN(c2cc(F)ccc2F)CC1. The first kappa shape index (κ1) is 22.3. The van der Waals surface area contributed by atoms with Gasteiger partial charge >= 0.3 is 0 Å². The van der Waals surface area contributed by atoms with Crippen LogP contribution in [-0.4, -0.2) is 56.5 Å². The number of carbonyl (C=O) groups excluding carboxylic acids is 1. The molecule has 1 heterocycles. The van der Waals surface area contributed by atoms with Crippen LogP contribution in [0, 0.1) is 29.1 Å². The van der Waals surface area contributed by atoms with E-state index in [1.54, 1.807) is 4.90 Å². The fourth-order valence-electron chi connectivity index (χ4n) is 3.20. The molecule has 0 spiro atoms. The van der Waals surface area contributed by atoms with E-state index in [9.17, 15) is 26.7 Å². The number of halogens is 5. The van der Waals surface area contributed by atoms with Gasteiger partial charge in [0.1, 0.15) is 11.6 Å². The molecule has 6 nitrogen and oxygen atoms in total. The summed E-state index contributed by atoms with van der Waals surface area (Å²) in [5, 5.41) is 4.96. The van der Waals surface area contributed by atoms with Gasteiger partial charge in [-0.3, -0.25) is 9.79 Å². The molecule has 3 rings (SSSR count). The zero-order valence-corrected chi connectivity index (χ0v) is 16.6. The number of aliphatic imine (C=N–C) groups is 1. The van der Waals surface area contributed by atoms with Gasteiger partial charge in [-0.2, -0.15) is 0 Å². The number of benzene rings is 2. The molecule has 0 bridgehead atoms. The second-order valence-electron chi connectivity index (χ2n) is 6.74. The Morgan fingerprint density at radius 1 is 0.968 bits per heavy atom. The Morgan fingerprint density at radius 2 is 1.65 bits per heavy atom. The molecule has 1 amide bonds. The minimum atomic E-state index is -1.67. The van der Waals surface area contributed by atoms with Gasteiger partial charge in [0.15, 0.2) is 23.4 Å². The molecule has 1 aliphatic heterocycles. The van der Waals surface area contributed by atoms with Crippen molar-refractivity contribution in [2.24, 2.45) is 4.99 Å². The van der Waals surface area contributed by atoms with Gasteiger partial charge < -0.3 is 20.4 Å². The fourth-order valence-corrected chi connectivity index (χ4v) is 3.20. The summed E-state index contributed by atoms with van der Waals surface area (Å²) in [6.45, 7) is 1.34. The van der Waals surface area contributed by atoms with Gasteiger partial charge in [0.05, 0.1) is 17.9 Å². The summed E-state index contributed by atoms with van der Waals surface area (Å²) in [4.78, 5) is 19.7. The predicted octanol–water partition coefficient (Wildman–Crippen LogP) is 2.72. The lowest BCUT2D eigenvalue weighted by molar-refractivity contribution is -0.115. The van der Waals surface area contributed by atoms with Crippen LogP contribution in [0.1, 0.15) is 0 Å². The van der Waals surface area contributed by atoms with Crippen molar-refractivity contribution in [3.8, 4) is 0 Å². The van der Waals surface area contributed by atoms with Gasteiger partial charge in [-0.05, 0) is 24.3 Å². The van der Waals surface area contributed by atoms with Gasteiger partial charge in [-0.15, -0.1) is 0 Å². The van der Waals surface area contributed by atoms with E-state index in [0.717, 1.165) is 24.3 Å². The van der Waals surface area contributed by atoms with Crippen molar-refractivity contribution in [3.63, 3.8) is 0 Å². The molecule has 0 aromatic heterocycles. The predicted molar refractivity (Wildman–Crippen MR) is 106 cm³/mol. The summed E-state index contributed by atoms with van der Waals surface area (Å²) >= 11 is 0. The van der Waals surface area contributed by atoms with Crippen LogP contribution in [0.15, 0.2) is 35.3 Å². The molecule has 11 heteroatoms. The molecule has 31 heavy (non-hydrogen) atoms. The fraction of sp³-hybridized carbons (Fsp3) is 0.300. The van der Waals surface area contributed by atoms with Gasteiger partial charge in [-0.25, -0.2) is 22.0 Å². The van der Waals surface area contributed by atoms with Crippen LogP contribution in [0.25, 0.3) is 0 Å². The zero-order chi connectivity index (χ0) is 22.5. The average Bonchev–Trinajstić information content (AvgIpc) is 2.77. The molecule has 0 atom stereocenters. The minimum absolute atomic E-state index is 0.176. The molecule has 2 aromatic rings. The molecule has 1 aliphatic rings. The number of carbonyl (C=O) groups is 1. The number of guanidine groups is 1. The summed E-state index contributed by atoms with van der Waals surface area (Å²) in [6, 6.07) is 4.90. The summed E-state index contributed by atoms with van der Waals surface area (Å²) < 4.78 is 67.3. The lowest BCUT2D eigenvalue weighted by Gasteiger charge is -2.37. The number of rotatable bonds is 4. The summed E-state index contributed by atoms with van der Waals surface area (Å²) in [7, 11) is 1.51. The number of piperazine rings is 1. The van der Waals surface area contributed by atoms with E-state index in [1.165, 1.54) is 7.05 Å². The third-order valence-corrected chi connectivity index (χ3v) is 4.76. The maximum absolute atomic E-state index is 14.0. The lowest BCUT2D eigenvalue weighted by atomic mass is 10.2. The van der Waals surface area contributed by atoms with Crippen molar-refractivity contribution < 1.29 is 26.7 Å². The molecule has 166 valence electrons. The highest BCUT2D eigenvalue weighted by Gasteiger charge is 2.22. The molecule has 1 fully saturated rings. The van der Waals surface area contributed by atoms with Gasteiger partial charge in [0, 0.05) is 39.3 Å². The topological polar surface area (TPSA) is 60.0 Å². The number of hydrogen-bond acceptors (Lipinski definition) is 3. The van der Waals surface area contributed by atoms with E-state index in [2.05, 4.69) is 15.6 Å². The molecule has 1 saturated heterocycles. The standard InChI is InChI=1S/C20H20F5N5O/c1-26-20(27-11-17(31)28-15-5-4-14(23)18(24)19(15)25)30-8-6-29(7-9-30)16-10-12(21)2-3-13(16)22/h2-5,10H,6-9,11H2,1H3,(H,26,27)(H,28,31). The highest BCUT2D eigenvalue weighted by Crippen LogP contribution is 2.22. The average molecular weight is 441 g/mol. The number of hydrogen-bond donors (Lipinski definition) is 2. The molecule has 2 N–H and O–H groups in total. The van der Waals surface area contributed by atoms with Crippen LogP contribution in [0.2, 0.25) is 0 Å². The normalized spacial score (nSPS) is 14.6. The Labute approximate surface area is 175 Å². The summed E-state index contributed by atoms with van der Waals surface area (Å²) in [6.07, 6.45) is 0. The van der Waals surface area contributed by atoms with Crippen molar-refractivity contribution in [1.29, 1.82) is 0 Å². The van der Waals surface area contributed by atoms with Gasteiger partial charge in [0.2, 0.25) is 5.91 Å². The first-order valence-electron chi connectivity index (χ1n) is 9.39. The second kappa shape index (κ2) is 9.63. The zero-order valence-electron chi connectivity index (χ0n) is 16.6. The third kappa shape index (κ3) is 5.22. The van der Waals surface area contributed by atoms with E-state index in [0.29, 0.717) is 38.2 Å².